The summed E-state index contributed by atoms with van der Waals surface area (Å²) in [5.41, 5.74) is 1.56. The second-order valence-corrected chi connectivity index (χ2v) is 6.95. The monoisotopic (exact) mass is 396 g/mol. The first kappa shape index (κ1) is 19.0. The average molecular weight is 397 g/mol. The zero-order chi connectivity index (χ0) is 18.7. The third-order valence-corrected chi connectivity index (χ3v) is 4.77. The fourth-order valence-electron chi connectivity index (χ4n) is 3.08. The minimum absolute atomic E-state index is 0.246. The van der Waals surface area contributed by atoms with E-state index in [1.165, 1.54) is 12.1 Å². The van der Waals surface area contributed by atoms with E-state index in [0.717, 1.165) is 11.3 Å². The van der Waals surface area contributed by atoms with Crippen LogP contribution in [0.4, 0.5) is 10.1 Å². The molecule has 1 aliphatic heterocycles. The van der Waals surface area contributed by atoms with Crippen LogP contribution in [0.15, 0.2) is 42.5 Å². The first-order valence-corrected chi connectivity index (χ1v) is 9.12. The Morgan fingerprint density at radius 2 is 2.04 bits per heavy atom. The highest BCUT2D eigenvalue weighted by molar-refractivity contribution is 6.36. The topological polar surface area (TPSA) is 32.8 Å². The van der Waals surface area contributed by atoms with Crippen molar-refractivity contribution >= 4 is 34.9 Å². The molecule has 138 valence electrons. The molecule has 0 aliphatic carbocycles. The molecule has 0 bridgehead atoms. The summed E-state index contributed by atoms with van der Waals surface area (Å²) in [7, 11) is 0. The van der Waals surface area contributed by atoms with Gasteiger partial charge in [-0.05, 0) is 42.8 Å². The number of benzene rings is 2. The number of carbonyl (C=O) groups excluding carboxylic acids is 1. The maximum Gasteiger partial charge on any atom is 0.312 e. The number of rotatable bonds is 5. The van der Waals surface area contributed by atoms with Crippen molar-refractivity contribution in [2.45, 2.75) is 13.5 Å². The molecular weight excluding hydrogens is 378 g/mol. The van der Waals surface area contributed by atoms with Crippen LogP contribution in [0.3, 0.4) is 0 Å². The molecule has 0 N–H and O–H groups in total. The van der Waals surface area contributed by atoms with E-state index in [2.05, 4.69) is 0 Å². The largest absolute Gasteiger partial charge is 0.466 e. The molecule has 2 aromatic rings. The number of esters is 1. The quantitative estimate of drug-likeness (QED) is 0.694. The van der Waals surface area contributed by atoms with Crippen molar-refractivity contribution in [1.29, 1.82) is 0 Å². The van der Waals surface area contributed by atoms with Crippen LogP contribution in [-0.4, -0.2) is 30.7 Å². The SMILES string of the molecule is CCOC(=O)C1CN(Cc2cccc(F)c2)N(c2ccc(Cl)cc2Cl)C1. The second kappa shape index (κ2) is 8.25. The van der Waals surface area contributed by atoms with Gasteiger partial charge in [-0.3, -0.25) is 4.79 Å². The molecule has 0 aromatic heterocycles. The van der Waals surface area contributed by atoms with Gasteiger partial charge in [0.25, 0.3) is 0 Å². The number of ether oxygens (including phenoxy) is 1. The summed E-state index contributed by atoms with van der Waals surface area (Å²) in [4.78, 5) is 12.2. The zero-order valence-corrected chi connectivity index (χ0v) is 15.8. The molecule has 1 atom stereocenters. The maximum absolute atomic E-state index is 13.5. The summed E-state index contributed by atoms with van der Waals surface area (Å²) in [6, 6.07) is 11.6. The number of hydrogen-bond donors (Lipinski definition) is 0. The van der Waals surface area contributed by atoms with Gasteiger partial charge in [0.15, 0.2) is 0 Å². The van der Waals surface area contributed by atoms with Crippen LogP contribution in [0.2, 0.25) is 10.0 Å². The summed E-state index contributed by atoms with van der Waals surface area (Å²) in [5, 5.41) is 4.94. The Bertz CT molecular complexity index is 803. The zero-order valence-electron chi connectivity index (χ0n) is 14.3. The van der Waals surface area contributed by atoms with Crippen LogP contribution in [0.1, 0.15) is 12.5 Å². The van der Waals surface area contributed by atoms with Crippen LogP contribution >= 0.6 is 23.2 Å². The molecule has 0 amide bonds. The van der Waals surface area contributed by atoms with Gasteiger partial charge in [0, 0.05) is 24.7 Å². The molecule has 2 aromatic carbocycles. The molecule has 7 heteroatoms. The molecule has 1 heterocycles. The molecule has 0 saturated carbocycles. The fourth-order valence-corrected chi connectivity index (χ4v) is 3.59. The Hall–Kier alpha value is -1.82. The Kier molecular flexibility index (Phi) is 6.01. The Morgan fingerprint density at radius 1 is 1.23 bits per heavy atom. The highest BCUT2D eigenvalue weighted by Crippen LogP contribution is 2.34. The molecular formula is C19H19Cl2FN2O2. The van der Waals surface area contributed by atoms with E-state index >= 15 is 0 Å². The van der Waals surface area contributed by atoms with Gasteiger partial charge in [-0.15, -0.1) is 0 Å². The number of hydrazine groups is 1. The van der Waals surface area contributed by atoms with Crippen LogP contribution in [-0.2, 0) is 16.1 Å². The lowest BCUT2D eigenvalue weighted by molar-refractivity contribution is -0.147. The standard InChI is InChI=1S/C19H19Cl2FN2O2/c1-2-26-19(25)14-11-23(10-13-4-3-5-16(22)8-13)24(12-14)18-7-6-15(20)9-17(18)21/h3-9,14H,2,10-12H2,1H3. The smallest absolute Gasteiger partial charge is 0.312 e. The van der Waals surface area contributed by atoms with Crippen molar-refractivity contribution < 1.29 is 13.9 Å². The number of hydrogen-bond acceptors (Lipinski definition) is 4. The van der Waals surface area contributed by atoms with Gasteiger partial charge >= 0.3 is 5.97 Å². The fraction of sp³-hybridized carbons (Fsp3) is 0.316. The Labute approximate surface area is 162 Å². The third kappa shape index (κ3) is 4.29. The Balaban J connectivity index is 1.88. The lowest BCUT2D eigenvalue weighted by Crippen LogP contribution is -2.36. The van der Waals surface area contributed by atoms with E-state index in [-0.39, 0.29) is 17.7 Å². The molecule has 3 rings (SSSR count). The van der Waals surface area contributed by atoms with Crippen molar-refractivity contribution in [2.24, 2.45) is 5.92 Å². The third-order valence-electron chi connectivity index (χ3n) is 4.23. The van der Waals surface area contributed by atoms with Crippen molar-refractivity contribution in [3.63, 3.8) is 0 Å². The van der Waals surface area contributed by atoms with Gasteiger partial charge < -0.3 is 9.75 Å². The lowest BCUT2D eigenvalue weighted by atomic mass is 10.1. The van der Waals surface area contributed by atoms with Crippen LogP contribution in [0, 0.1) is 11.7 Å². The van der Waals surface area contributed by atoms with Crippen LogP contribution < -0.4 is 5.01 Å². The van der Waals surface area contributed by atoms with Crippen molar-refractivity contribution in [3.05, 3.63) is 63.9 Å². The van der Waals surface area contributed by atoms with Crippen LogP contribution in [0.25, 0.3) is 0 Å². The van der Waals surface area contributed by atoms with Gasteiger partial charge in [-0.25, -0.2) is 9.40 Å². The van der Waals surface area contributed by atoms with Crippen molar-refractivity contribution in [2.75, 3.05) is 24.7 Å². The molecule has 1 fully saturated rings. The highest BCUT2D eigenvalue weighted by atomic mass is 35.5. The van der Waals surface area contributed by atoms with Gasteiger partial charge in [0.2, 0.25) is 0 Å². The van der Waals surface area contributed by atoms with Gasteiger partial charge in [-0.1, -0.05) is 35.3 Å². The molecule has 1 saturated heterocycles. The molecule has 26 heavy (non-hydrogen) atoms. The van der Waals surface area contributed by atoms with Gasteiger partial charge in [0.1, 0.15) is 5.82 Å². The van der Waals surface area contributed by atoms with Gasteiger partial charge in [0.05, 0.1) is 23.2 Å². The lowest BCUT2D eigenvalue weighted by Gasteiger charge is -2.30. The second-order valence-electron chi connectivity index (χ2n) is 6.10. The minimum atomic E-state index is -0.310. The molecule has 1 aliphatic rings. The minimum Gasteiger partial charge on any atom is -0.466 e. The maximum atomic E-state index is 13.5. The molecule has 1 unspecified atom stereocenters. The summed E-state index contributed by atoms with van der Waals surface area (Å²) in [6.07, 6.45) is 0. The first-order valence-electron chi connectivity index (χ1n) is 8.36. The predicted octanol–water partition coefficient (Wildman–Crippen LogP) is 4.55. The van der Waals surface area contributed by atoms with Crippen molar-refractivity contribution in [3.8, 4) is 0 Å². The number of carbonyl (C=O) groups is 1. The number of anilines is 1. The average Bonchev–Trinajstić information content (AvgIpc) is 2.99. The molecule has 4 nitrogen and oxygen atoms in total. The van der Waals surface area contributed by atoms with Crippen LogP contribution in [0.5, 0.6) is 0 Å². The van der Waals surface area contributed by atoms with E-state index in [9.17, 15) is 9.18 Å². The number of nitrogens with zero attached hydrogens (tertiary/aromatic N) is 2. The summed E-state index contributed by atoms with van der Waals surface area (Å²) < 4.78 is 18.7. The van der Waals surface area contributed by atoms with E-state index in [0.29, 0.717) is 36.3 Å². The summed E-state index contributed by atoms with van der Waals surface area (Å²) >= 11 is 12.4. The summed E-state index contributed by atoms with van der Waals surface area (Å²) in [6.45, 7) is 3.47. The van der Waals surface area contributed by atoms with E-state index < -0.39 is 0 Å². The Morgan fingerprint density at radius 3 is 2.73 bits per heavy atom. The van der Waals surface area contributed by atoms with Gasteiger partial charge in [-0.2, -0.15) is 0 Å². The van der Waals surface area contributed by atoms with Crippen molar-refractivity contribution in [1.82, 2.24) is 5.01 Å². The molecule has 0 spiro atoms. The first-order chi connectivity index (χ1) is 12.5. The van der Waals surface area contributed by atoms with E-state index in [4.69, 9.17) is 27.9 Å². The predicted molar refractivity (Wildman–Crippen MR) is 101 cm³/mol. The highest BCUT2D eigenvalue weighted by Gasteiger charge is 2.36. The number of halogens is 3. The van der Waals surface area contributed by atoms with E-state index in [1.807, 2.05) is 22.2 Å². The van der Waals surface area contributed by atoms with E-state index in [1.54, 1.807) is 25.1 Å². The summed E-state index contributed by atoms with van der Waals surface area (Å²) in [5.74, 6) is -0.848. The molecule has 0 radical (unpaired) electrons. The normalized spacial score (nSPS) is 17.5.